The van der Waals surface area contributed by atoms with Crippen molar-refractivity contribution in [2.24, 2.45) is 0 Å². The van der Waals surface area contributed by atoms with Gasteiger partial charge in [-0.05, 0) is 78.9 Å². The average Bonchev–Trinajstić information content (AvgIpc) is 4.25. The van der Waals surface area contributed by atoms with Gasteiger partial charge in [0.15, 0.2) is 0 Å². The third kappa shape index (κ3) is 4.96. The molecule has 0 spiro atoms. The van der Waals surface area contributed by atoms with E-state index in [1.54, 1.807) is 22.7 Å². The zero-order valence-corrected chi connectivity index (χ0v) is 39.3. The summed E-state index contributed by atoms with van der Waals surface area (Å²) in [4.78, 5) is 0. The minimum atomic E-state index is 0.314. The van der Waals surface area contributed by atoms with Gasteiger partial charge in [-0.1, -0.05) is 109 Å². The number of benzene rings is 10. The molecule has 0 aliphatic rings. The lowest BCUT2D eigenvalue weighted by atomic mass is 10.0. The summed E-state index contributed by atoms with van der Waals surface area (Å²) in [5, 5.41) is 37.5. The van der Waals surface area contributed by atoms with Crippen LogP contribution in [0.4, 0.5) is 0 Å². The molecule has 0 aliphatic carbocycles. The molecular formula is C62H31N5S3. The van der Waals surface area contributed by atoms with Gasteiger partial charge in [0.25, 0.3) is 0 Å². The first-order chi connectivity index (χ1) is 34.6. The largest absolute Gasteiger partial charge is 0.308 e. The van der Waals surface area contributed by atoms with Crippen LogP contribution in [-0.4, -0.2) is 13.7 Å². The van der Waals surface area contributed by atoms with Crippen molar-refractivity contribution < 1.29 is 0 Å². The normalized spacial score (nSPS) is 12.3. The number of fused-ring (bicyclic) bond motifs is 18. The molecule has 0 bridgehead atoms. The van der Waals surface area contributed by atoms with E-state index in [0.29, 0.717) is 22.5 Å². The Morgan fingerprint density at radius 1 is 0.271 bits per heavy atom. The molecule has 16 aromatic rings. The lowest BCUT2D eigenvalue weighted by Crippen LogP contribution is -2.11. The van der Waals surface area contributed by atoms with Crippen LogP contribution in [0.5, 0.6) is 0 Å². The first-order valence-electron chi connectivity index (χ1n) is 23.2. The summed E-state index contributed by atoms with van der Waals surface area (Å²) in [6.45, 7) is 0. The zero-order chi connectivity index (χ0) is 45.9. The van der Waals surface area contributed by atoms with Crippen LogP contribution in [0.15, 0.2) is 188 Å². The van der Waals surface area contributed by atoms with Crippen molar-refractivity contribution in [1.29, 1.82) is 10.5 Å². The quantitative estimate of drug-likeness (QED) is 0.177. The molecule has 0 radical (unpaired) electrons. The Morgan fingerprint density at radius 2 is 0.614 bits per heavy atom. The smallest absolute Gasteiger partial charge is 0.103 e. The van der Waals surface area contributed by atoms with E-state index in [9.17, 15) is 10.5 Å². The van der Waals surface area contributed by atoms with E-state index < -0.39 is 0 Å². The topological polar surface area (TPSA) is 62.4 Å². The van der Waals surface area contributed by atoms with Gasteiger partial charge in [-0.2, -0.15) is 10.5 Å². The maximum absolute atomic E-state index is 12.0. The molecule has 322 valence electrons. The number of thiophene rings is 3. The van der Waals surface area contributed by atoms with Crippen molar-refractivity contribution in [3.8, 4) is 29.2 Å². The Balaban J connectivity index is 1.13. The fraction of sp³-hybridized carbons (Fsp3) is 0. The third-order valence-electron chi connectivity index (χ3n) is 14.7. The highest BCUT2D eigenvalue weighted by molar-refractivity contribution is 7.26. The number of nitrogens with zero attached hydrogens (tertiary/aromatic N) is 5. The van der Waals surface area contributed by atoms with Crippen LogP contribution in [-0.2, 0) is 0 Å². The summed E-state index contributed by atoms with van der Waals surface area (Å²) < 4.78 is 14.2. The molecule has 0 atom stereocenters. The third-order valence-corrected chi connectivity index (χ3v) is 18.1. The summed E-state index contributed by atoms with van der Waals surface area (Å²) in [6.07, 6.45) is 0. The maximum atomic E-state index is 12.0. The molecule has 5 nitrogen and oxygen atoms in total. The number of para-hydroxylation sites is 3. The average molecular weight is 942 g/mol. The molecule has 0 saturated carbocycles. The number of hydrogen-bond donors (Lipinski definition) is 0. The Kier molecular flexibility index (Phi) is 7.60. The molecule has 16 rings (SSSR count). The SMILES string of the molecule is N#Cc1c(-n2c3ccccc3c3cc4sc5ccccc5c4cc32)cc(-n2c3ccccc3c3cc4sc5ccccc5c4cc32)c(-n2c3ccccc3c3cc4sc5ccccc5c4cc32)c1C#N. The minimum absolute atomic E-state index is 0.314. The van der Waals surface area contributed by atoms with Crippen LogP contribution >= 0.6 is 34.0 Å². The van der Waals surface area contributed by atoms with Crippen LogP contribution in [0.1, 0.15) is 11.1 Å². The van der Waals surface area contributed by atoms with Crippen molar-refractivity contribution >= 4 is 160 Å². The van der Waals surface area contributed by atoms with Crippen molar-refractivity contribution in [3.63, 3.8) is 0 Å². The van der Waals surface area contributed by atoms with Crippen LogP contribution in [0.2, 0.25) is 0 Å². The number of nitriles is 2. The van der Waals surface area contributed by atoms with Crippen molar-refractivity contribution in [2.45, 2.75) is 0 Å². The van der Waals surface area contributed by atoms with Gasteiger partial charge in [-0.15, -0.1) is 34.0 Å². The molecule has 0 amide bonds. The number of hydrogen-bond acceptors (Lipinski definition) is 5. The lowest BCUT2D eigenvalue weighted by molar-refractivity contribution is 1.06. The van der Waals surface area contributed by atoms with Crippen LogP contribution in [0.3, 0.4) is 0 Å². The highest BCUT2D eigenvalue weighted by Crippen LogP contribution is 2.48. The van der Waals surface area contributed by atoms with Crippen LogP contribution in [0.25, 0.3) is 143 Å². The monoisotopic (exact) mass is 941 g/mol. The van der Waals surface area contributed by atoms with E-state index in [4.69, 9.17) is 0 Å². The molecule has 0 aliphatic heterocycles. The Labute approximate surface area is 409 Å². The fourth-order valence-corrected chi connectivity index (χ4v) is 15.1. The molecule has 0 saturated heterocycles. The molecule has 0 N–H and O–H groups in total. The molecule has 70 heavy (non-hydrogen) atoms. The lowest BCUT2D eigenvalue weighted by Gasteiger charge is -2.22. The Hall–Kier alpha value is -8.76. The van der Waals surface area contributed by atoms with E-state index in [1.807, 2.05) is 11.3 Å². The first kappa shape index (κ1) is 38.2. The van der Waals surface area contributed by atoms with E-state index in [1.165, 1.54) is 55.1 Å². The van der Waals surface area contributed by atoms with Gasteiger partial charge >= 0.3 is 0 Å². The Morgan fingerprint density at radius 3 is 1.03 bits per heavy atom. The zero-order valence-electron chi connectivity index (χ0n) is 36.9. The molecule has 8 heteroatoms. The molecular weight excluding hydrogens is 911 g/mol. The van der Waals surface area contributed by atoms with Gasteiger partial charge in [0.2, 0.25) is 0 Å². The first-order valence-corrected chi connectivity index (χ1v) is 25.6. The predicted molar refractivity (Wildman–Crippen MR) is 298 cm³/mol. The highest BCUT2D eigenvalue weighted by Gasteiger charge is 2.29. The standard InChI is InChI=1S/C62H31N5S3/c63-32-46-47(33-64)62(67-50-21-9-3-15-36(50)42-30-61-45(27-53(42)67)39-18-6-12-24-58(39)70-61)55(66-49-20-8-2-14-35(49)41-29-60-44(26-52(41)66)38-17-5-11-23-57(38)69-60)31-54(46)65-48-19-7-1-13-34(48)40-28-59-43(25-51(40)65)37-16-4-10-22-56(37)68-59/h1-31H. The van der Waals surface area contributed by atoms with Crippen LogP contribution < -0.4 is 0 Å². The molecule has 6 heterocycles. The summed E-state index contributed by atoms with van der Waals surface area (Å²) in [7, 11) is 0. The molecule has 10 aromatic carbocycles. The second-order valence-electron chi connectivity index (χ2n) is 18.2. The van der Waals surface area contributed by atoms with Crippen molar-refractivity contribution in [2.75, 3.05) is 0 Å². The summed E-state index contributed by atoms with van der Waals surface area (Å²) >= 11 is 5.42. The number of aromatic nitrogens is 3. The van der Waals surface area contributed by atoms with Gasteiger partial charge < -0.3 is 13.7 Å². The van der Waals surface area contributed by atoms with Crippen LogP contribution in [0, 0.1) is 22.7 Å². The minimum Gasteiger partial charge on any atom is -0.308 e. The summed E-state index contributed by atoms with van der Waals surface area (Å²) in [5.41, 5.74) is 8.69. The Bertz CT molecular complexity index is 5110. The summed E-state index contributed by atoms with van der Waals surface area (Å²) in [5.74, 6) is 0. The van der Waals surface area contributed by atoms with Gasteiger partial charge in [-0.3, -0.25) is 0 Å². The molecule has 6 aromatic heterocycles. The van der Waals surface area contributed by atoms with Gasteiger partial charge in [0, 0.05) is 92.8 Å². The van der Waals surface area contributed by atoms with E-state index in [-0.39, 0.29) is 0 Å². The molecule has 0 fully saturated rings. The second kappa shape index (κ2) is 13.9. The van der Waals surface area contributed by atoms with E-state index in [2.05, 4.69) is 214 Å². The second-order valence-corrected chi connectivity index (χ2v) is 21.4. The predicted octanol–water partition coefficient (Wildman–Crippen LogP) is 17.8. The number of rotatable bonds is 3. The van der Waals surface area contributed by atoms with E-state index >= 15 is 0 Å². The van der Waals surface area contributed by atoms with E-state index in [0.717, 1.165) is 76.5 Å². The van der Waals surface area contributed by atoms with Gasteiger partial charge in [0.1, 0.15) is 12.1 Å². The van der Waals surface area contributed by atoms with Crippen molar-refractivity contribution in [3.05, 3.63) is 199 Å². The van der Waals surface area contributed by atoms with Gasteiger partial charge in [0.05, 0.1) is 61.3 Å². The highest BCUT2D eigenvalue weighted by atomic mass is 32.1. The maximum Gasteiger partial charge on any atom is 0.103 e. The molecule has 0 unspecified atom stereocenters. The van der Waals surface area contributed by atoms with Gasteiger partial charge in [-0.25, -0.2) is 0 Å². The summed E-state index contributed by atoms with van der Waals surface area (Å²) in [6, 6.07) is 73.0. The van der Waals surface area contributed by atoms with Crippen molar-refractivity contribution in [1.82, 2.24) is 13.7 Å². The fourth-order valence-electron chi connectivity index (χ4n) is 11.8.